The van der Waals surface area contributed by atoms with Gasteiger partial charge in [-0.25, -0.2) is 4.79 Å². The fraction of sp³-hybridized carbons (Fsp3) is 0.538. The maximum Gasteiger partial charge on any atom is 0.407 e. The molecule has 0 radical (unpaired) electrons. The van der Waals surface area contributed by atoms with Crippen LogP contribution in [0.3, 0.4) is 0 Å². The van der Waals surface area contributed by atoms with Gasteiger partial charge in [-0.1, -0.05) is 0 Å². The van der Waals surface area contributed by atoms with Gasteiger partial charge in [-0.3, -0.25) is 4.98 Å². The highest BCUT2D eigenvalue weighted by Crippen LogP contribution is 2.11. The Bertz CT molecular complexity index is 415. The second-order valence-corrected chi connectivity index (χ2v) is 4.96. The topological polar surface area (TPSA) is 80.7 Å². The maximum atomic E-state index is 11.5. The second kappa shape index (κ2) is 6.94. The fourth-order valence-electron chi connectivity index (χ4n) is 1.29. The highest BCUT2D eigenvalue weighted by Gasteiger charge is 2.15. The molecule has 106 valence electrons. The van der Waals surface area contributed by atoms with E-state index in [1.54, 1.807) is 39.2 Å². The molecule has 6 heteroatoms. The summed E-state index contributed by atoms with van der Waals surface area (Å²) < 4.78 is 10.3. The number of carbonyl (C=O) groups excluding carboxylic acids is 1. The predicted octanol–water partition coefficient (Wildman–Crippen LogP) is 1.48. The van der Waals surface area contributed by atoms with Crippen molar-refractivity contribution in [3.05, 3.63) is 24.0 Å². The second-order valence-electron chi connectivity index (χ2n) is 4.96. The van der Waals surface area contributed by atoms with Crippen LogP contribution in [0.5, 0.6) is 5.75 Å². The first-order valence-corrected chi connectivity index (χ1v) is 6.05. The summed E-state index contributed by atoms with van der Waals surface area (Å²) >= 11 is 0. The van der Waals surface area contributed by atoms with E-state index in [4.69, 9.17) is 14.6 Å². The van der Waals surface area contributed by atoms with E-state index in [1.165, 1.54) is 0 Å². The Labute approximate surface area is 112 Å². The van der Waals surface area contributed by atoms with E-state index in [0.717, 1.165) is 5.56 Å². The molecule has 1 heterocycles. The van der Waals surface area contributed by atoms with Crippen LogP contribution in [0.1, 0.15) is 26.3 Å². The highest BCUT2D eigenvalue weighted by molar-refractivity contribution is 5.67. The normalized spacial score (nSPS) is 10.9. The zero-order valence-electron chi connectivity index (χ0n) is 11.5. The van der Waals surface area contributed by atoms with Crippen molar-refractivity contribution in [2.75, 3.05) is 13.2 Å². The van der Waals surface area contributed by atoms with E-state index in [9.17, 15) is 4.79 Å². The molecule has 0 aliphatic rings. The number of nitrogens with zero attached hydrogens (tertiary/aromatic N) is 1. The Morgan fingerprint density at radius 3 is 2.79 bits per heavy atom. The molecular formula is C13H20N2O4. The zero-order valence-corrected chi connectivity index (χ0v) is 11.5. The van der Waals surface area contributed by atoms with Crippen molar-refractivity contribution in [1.82, 2.24) is 10.3 Å². The monoisotopic (exact) mass is 268 g/mol. The molecule has 0 saturated carbocycles. The molecule has 19 heavy (non-hydrogen) atoms. The summed E-state index contributed by atoms with van der Waals surface area (Å²) in [6.07, 6.45) is 2.70. The standard InChI is InChI=1S/C13H20N2O4/c1-13(2,3)19-12(17)15-8-10-6-11(9-14-7-10)18-5-4-16/h6-7,9,16H,4-5,8H2,1-3H3,(H,15,17). The molecule has 0 aliphatic carbocycles. The van der Waals surface area contributed by atoms with Gasteiger partial charge < -0.3 is 19.9 Å². The summed E-state index contributed by atoms with van der Waals surface area (Å²) in [5.74, 6) is 0.553. The number of carbonyl (C=O) groups is 1. The third-order valence-corrected chi connectivity index (χ3v) is 1.97. The Hall–Kier alpha value is -1.82. The molecule has 0 bridgehead atoms. The molecule has 0 spiro atoms. The van der Waals surface area contributed by atoms with Gasteiger partial charge >= 0.3 is 6.09 Å². The first kappa shape index (κ1) is 15.2. The van der Waals surface area contributed by atoms with Crippen LogP contribution >= 0.6 is 0 Å². The quantitative estimate of drug-likeness (QED) is 0.845. The summed E-state index contributed by atoms with van der Waals surface area (Å²) in [6, 6.07) is 1.75. The molecule has 0 atom stereocenters. The van der Waals surface area contributed by atoms with Crippen molar-refractivity contribution in [3.8, 4) is 5.75 Å². The van der Waals surface area contributed by atoms with Gasteiger partial charge in [0, 0.05) is 12.7 Å². The van der Waals surface area contributed by atoms with Crippen LogP contribution in [0, 0.1) is 0 Å². The van der Waals surface area contributed by atoms with Gasteiger partial charge in [-0.05, 0) is 32.4 Å². The minimum atomic E-state index is -0.519. The maximum absolute atomic E-state index is 11.5. The van der Waals surface area contributed by atoms with Crippen molar-refractivity contribution in [3.63, 3.8) is 0 Å². The lowest BCUT2D eigenvalue weighted by atomic mass is 10.2. The molecule has 0 saturated heterocycles. The molecule has 1 aromatic heterocycles. The van der Waals surface area contributed by atoms with E-state index in [1.807, 2.05) is 0 Å². The number of hydrogen-bond acceptors (Lipinski definition) is 5. The lowest BCUT2D eigenvalue weighted by Gasteiger charge is -2.19. The Morgan fingerprint density at radius 2 is 2.16 bits per heavy atom. The van der Waals surface area contributed by atoms with Gasteiger partial charge in [-0.15, -0.1) is 0 Å². The van der Waals surface area contributed by atoms with Crippen molar-refractivity contribution in [1.29, 1.82) is 0 Å². The third kappa shape index (κ3) is 6.61. The number of ether oxygens (including phenoxy) is 2. The number of rotatable bonds is 5. The molecule has 0 aromatic carbocycles. The number of amides is 1. The van der Waals surface area contributed by atoms with E-state index >= 15 is 0 Å². The van der Waals surface area contributed by atoms with Crippen LogP contribution in [0.2, 0.25) is 0 Å². The molecule has 1 amide bonds. The number of alkyl carbamates (subject to hydrolysis) is 1. The van der Waals surface area contributed by atoms with Gasteiger partial charge in [0.1, 0.15) is 18.0 Å². The Balaban J connectivity index is 2.46. The molecule has 0 unspecified atom stereocenters. The van der Waals surface area contributed by atoms with Crippen LogP contribution in [0.4, 0.5) is 4.79 Å². The SMILES string of the molecule is CC(C)(C)OC(=O)NCc1cncc(OCCO)c1. The number of aromatic nitrogens is 1. The van der Waals surface area contributed by atoms with Gasteiger partial charge in [0.2, 0.25) is 0 Å². The molecule has 0 aliphatic heterocycles. The molecular weight excluding hydrogens is 248 g/mol. The van der Waals surface area contributed by atoms with Crippen molar-refractivity contribution >= 4 is 6.09 Å². The smallest absolute Gasteiger partial charge is 0.407 e. The van der Waals surface area contributed by atoms with Crippen LogP contribution in [0.25, 0.3) is 0 Å². The summed E-state index contributed by atoms with van der Waals surface area (Å²) in [6.45, 7) is 5.87. The number of nitrogens with one attached hydrogen (secondary N) is 1. The lowest BCUT2D eigenvalue weighted by molar-refractivity contribution is 0.0523. The minimum Gasteiger partial charge on any atom is -0.490 e. The summed E-state index contributed by atoms with van der Waals surface area (Å²) in [4.78, 5) is 15.5. The largest absolute Gasteiger partial charge is 0.490 e. The predicted molar refractivity (Wildman–Crippen MR) is 69.9 cm³/mol. The van der Waals surface area contributed by atoms with Crippen LogP contribution < -0.4 is 10.1 Å². The molecule has 1 aromatic rings. The number of hydrogen-bond donors (Lipinski definition) is 2. The van der Waals surface area contributed by atoms with E-state index in [0.29, 0.717) is 12.3 Å². The van der Waals surface area contributed by atoms with Gasteiger partial charge in [0.05, 0.1) is 12.8 Å². The lowest BCUT2D eigenvalue weighted by Crippen LogP contribution is -2.32. The van der Waals surface area contributed by atoms with Crippen LogP contribution in [0.15, 0.2) is 18.5 Å². The number of aliphatic hydroxyl groups excluding tert-OH is 1. The Morgan fingerprint density at radius 1 is 1.42 bits per heavy atom. The fourth-order valence-corrected chi connectivity index (χ4v) is 1.29. The zero-order chi connectivity index (χ0) is 14.3. The average molecular weight is 268 g/mol. The molecule has 1 rings (SSSR count). The number of aliphatic hydroxyl groups is 1. The van der Waals surface area contributed by atoms with E-state index in [-0.39, 0.29) is 13.2 Å². The summed E-state index contributed by atoms with van der Waals surface area (Å²) in [5.41, 5.74) is 0.273. The van der Waals surface area contributed by atoms with Crippen molar-refractivity contribution in [2.24, 2.45) is 0 Å². The van der Waals surface area contributed by atoms with E-state index < -0.39 is 11.7 Å². The molecule has 6 nitrogen and oxygen atoms in total. The van der Waals surface area contributed by atoms with Crippen molar-refractivity contribution < 1.29 is 19.4 Å². The van der Waals surface area contributed by atoms with Gasteiger partial charge in [-0.2, -0.15) is 0 Å². The first-order valence-electron chi connectivity index (χ1n) is 6.05. The summed E-state index contributed by atoms with van der Waals surface area (Å²) in [5, 5.41) is 11.3. The van der Waals surface area contributed by atoms with E-state index in [2.05, 4.69) is 10.3 Å². The van der Waals surface area contributed by atoms with Crippen LogP contribution in [-0.2, 0) is 11.3 Å². The first-order chi connectivity index (χ1) is 8.90. The van der Waals surface area contributed by atoms with Gasteiger partial charge in [0.25, 0.3) is 0 Å². The minimum absolute atomic E-state index is 0.0552. The average Bonchev–Trinajstić information content (AvgIpc) is 2.32. The Kier molecular flexibility index (Phi) is 5.57. The number of pyridine rings is 1. The summed E-state index contributed by atoms with van der Waals surface area (Å²) in [7, 11) is 0. The van der Waals surface area contributed by atoms with Crippen molar-refractivity contribution in [2.45, 2.75) is 32.9 Å². The third-order valence-electron chi connectivity index (χ3n) is 1.97. The molecule has 2 N–H and O–H groups in total. The highest BCUT2D eigenvalue weighted by atomic mass is 16.6. The van der Waals surface area contributed by atoms with Crippen LogP contribution in [-0.4, -0.2) is 35.0 Å². The molecule has 0 fully saturated rings. The van der Waals surface area contributed by atoms with Gasteiger partial charge in [0.15, 0.2) is 0 Å².